The number of aryl methyl sites for hydroxylation is 1. The fourth-order valence-corrected chi connectivity index (χ4v) is 4.14. The van der Waals surface area contributed by atoms with Crippen LogP contribution in [0.15, 0.2) is 35.2 Å². The van der Waals surface area contributed by atoms with Crippen molar-refractivity contribution >= 4 is 33.3 Å². The van der Waals surface area contributed by atoms with Crippen LogP contribution in [0.1, 0.15) is 11.1 Å². The van der Waals surface area contributed by atoms with Gasteiger partial charge in [-0.2, -0.15) is 8.42 Å². The lowest BCUT2D eigenvalue weighted by Crippen LogP contribution is -2.34. The summed E-state index contributed by atoms with van der Waals surface area (Å²) in [4.78, 5) is 11.8. The number of anilines is 1. The first-order chi connectivity index (χ1) is 12.8. The molecular weight excluding hydrogens is 394 g/mol. The predicted octanol–water partition coefficient (Wildman–Crippen LogP) is 2.69. The van der Waals surface area contributed by atoms with E-state index in [1.807, 2.05) is 6.92 Å². The SMILES string of the molecule is Cc1ccc(S(=O)(=O)OC[C@H]2COc3cc(Cl)c4c(c3O2)CC(=O)N4)cc1. The van der Waals surface area contributed by atoms with Gasteiger partial charge in [-0.25, -0.2) is 0 Å². The highest BCUT2D eigenvalue weighted by Gasteiger charge is 2.33. The molecule has 2 aliphatic heterocycles. The molecule has 1 amide bonds. The lowest BCUT2D eigenvalue weighted by molar-refractivity contribution is -0.115. The van der Waals surface area contributed by atoms with Crippen LogP contribution in [0.4, 0.5) is 5.69 Å². The molecular formula is C18H16ClNO6S. The minimum atomic E-state index is -3.90. The van der Waals surface area contributed by atoms with E-state index >= 15 is 0 Å². The molecule has 0 aliphatic carbocycles. The predicted molar refractivity (Wildman–Crippen MR) is 98.0 cm³/mol. The van der Waals surface area contributed by atoms with E-state index in [0.29, 0.717) is 27.8 Å². The second-order valence-corrected chi connectivity index (χ2v) is 8.39. The molecule has 0 saturated heterocycles. The number of amides is 1. The van der Waals surface area contributed by atoms with Gasteiger partial charge >= 0.3 is 0 Å². The molecule has 2 heterocycles. The van der Waals surface area contributed by atoms with Crippen LogP contribution < -0.4 is 14.8 Å². The van der Waals surface area contributed by atoms with Gasteiger partial charge in [0.05, 0.1) is 22.0 Å². The van der Waals surface area contributed by atoms with Gasteiger partial charge in [0, 0.05) is 11.6 Å². The molecule has 7 nitrogen and oxygen atoms in total. The topological polar surface area (TPSA) is 90.9 Å². The number of carbonyl (C=O) groups is 1. The Morgan fingerprint density at radius 2 is 2.04 bits per heavy atom. The minimum Gasteiger partial charge on any atom is -0.486 e. The monoisotopic (exact) mass is 409 g/mol. The second kappa shape index (κ2) is 6.70. The van der Waals surface area contributed by atoms with Crippen LogP contribution >= 0.6 is 11.6 Å². The van der Waals surface area contributed by atoms with Crippen LogP contribution in [0, 0.1) is 6.92 Å². The standard InChI is InChI=1S/C18H16ClNO6S/c1-10-2-4-12(5-3-10)27(22,23)25-9-11-8-24-15-7-14(19)17-13(18(15)26-11)6-16(21)20-17/h2-5,7,11H,6,8-9H2,1H3,(H,20,21)/t11-/m1/s1. The molecule has 0 bridgehead atoms. The van der Waals surface area contributed by atoms with Crippen LogP contribution in [-0.2, 0) is 25.5 Å². The van der Waals surface area contributed by atoms with Gasteiger partial charge in [-0.15, -0.1) is 0 Å². The molecule has 2 aromatic carbocycles. The van der Waals surface area contributed by atoms with Crippen molar-refractivity contribution < 1.29 is 26.9 Å². The van der Waals surface area contributed by atoms with Gasteiger partial charge in [0.15, 0.2) is 17.6 Å². The largest absolute Gasteiger partial charge is 0.486 e. The molecule has 0 spiro atoms. The van der Waals surface area contributed by atoms with Gasteiger partial charge in [0.1, 0.15) is 13.2 Å². The first-order valence-corrected chi connectivity index (χ1v) is 10.0. The van der Waals surface area contributed by atoms with Gasteiger partial charge in [-0.1, -0.05) is 29.3 Å². The zero-order chi connectivity index (χ0) is 19.2. The van der Waals surface area contributed by atoms with Gasteiger partial charge in [0.2, 0.25) is 5.91 Å². The van der Waals surface area contributed by atoms with E-state index in [0.717, 1.165) is 5.56 Å². The van der Waals surface area contributed by atoms with Crippen molar-refractivity contribution in [3.8, 4) is 11.5 Å². The number of hydrogen-bond donors (Lipinski definition) is 1. The summed E-state index contributed by atoms with van der Waals surface area (Å²) in [6, 6.07) is 7.95. The van der Waals surface area contributed by atoms with Crippen LogP contribution in [0.5, 0.6) is 11.5 Å². The molecule has 1 N–H and O–H groups in total. The fourth-order valence-electron chi connectivity index (χ4n) is 2.95. The van der Waals surface area contributed by atoms with Crippen molar-refractivity contribution in [2.75, 3.05) is 18.5 Å². The normalized spacial score (nSPS) is 18.1. The molecule has 27 heavy (non-hydrogen) atoms. The van der Waals surface area contributed by atoms with E-state index in [-0.39, 0.29) is 30.4 Å². The molecule has 0 radical (unpaired) electrons. The van der Waals surface area contributed by atoms with Crippen molar-refractivity contribution in [1.82, 2.24) is 0 Å². The molecule has 9 heteroatoms. The average molecular weight is 410 g/mol. The van der Waals surface area contributed by atoms with E-state index < -0.39 is 16.2 Å². The summed E-state index contributed by atoms with van der Waals surface area (Å²) in [5, 5.41) is 3.05. The summed E-state index contributed by atoms with van der Waals surface area (Å²) >= 11 is 6.15. The summed E-state index contributed by atoms with van der Waals surface area (Å²) in [5.41, 5.74) is 2.05. The number of ether oxygens (including phenoxy) is 2. The van der Waals surface area contributed by atoms with Crippen LogP contribution in [0.2, 0.25) is 5.02 Å². The van der Waals surface area contributed by atoms with Crippen LogP contribution in [0.25, 0.3) is 0 Å². The van der Waals surface area contributed by atoms with E-state index in [1.54, 1.807) is 18.2 Å². The number of halogens is 1. The van der Waals surface area contributed by atoms with Crippen molar-refractivity contribution in [1.29, 1.82) is 0 Å². The first kappa shape index (κ1) is 18.1. The Hall–Kier alpha value is -2.29. The maximum atomic E-state index is 12.3. The van der Waals surface area contributed by atoms with E-state index in [9.17, 15) is 13.2 Å². The molecule has 0 fully saturated rings. The maximum absolute atomic E-state index is 12.3. The Bertz CT molecular complexity index is 1020. The molecule has 142 valence electrons. The summed E-state index contributed by atoms with van der Waals surface area (Å²) in [6.45, 7) is 1.76. The van der Waals surface area contributed by atoms with E-state index in [2.05, 4.69) is 5.32 Å². The number of benzene rings is 2. The smallest absolute Gasteiger partial charge is 0.297 e. The molecule has 4 rings (SSSR count). The van der Waals surface area contributed by atoms with Gasteiger partial charge < -0.3 is 14.8 Å². The number of rotatable bonds is 4. The Kier molecular flexibility index (Phi) is 4.49. The van der Waals surface area contributed by atoms with Crippen molar-refractivity contribution in [3.05, 3.63) is 46.5 Å². The molecule has 0 aromatic heterocycles. The second-order valence-electron chi connectivity index (χ2n) is 6.37. The molecule has 1 atom stereocenters. The van der Waals surface area contributed by atoms with Crippen molar-refractivity contribution in [2.24, 2.45) is 0 Å². The van der Waals surface area contributed by atoms with Gasteiger partial charge in [-0.05, 0) is 19.1 Å². The van der Waals surface area contributed by atoms with Crippen molar-refractivity contribution in [2.45, 2.75) is 24.3 Å². The maximum Gasteiger partial charge on any atom is 0.297 e. The molecule has 2 aliphatic rings. The average Bonchev–Trinajstić information content (AvgIpc) is 3.03. The van der Waals surface area contributed by atoms with E-state index in [4.69, 9.17) is 25.3 Å². The summed E-state index contributed by atoms with van der Waals surface area (Å²) in [7, 11) is -3.90. The number of carbonyl (C=O) groups excluding carboxylic acids is 1. The highest BCUT2D eigenvalue weighted by molar-refractivity contribution is 7.86. The minimum absolute atomic E-state index is 0.0766. The van der Waals surface area contributed by atoms with Crippen LogP contribution in [-0.4, -0.2) is 33.6 Å². The zero-order valence-electron chi connectivity index (χ0n) is 14.3. The molecule has 2 aromatic rings. The van der Waals surface area contributed by atoms with E-state index in [1.165, 1.54) is 12.1 Å². The Morgan fingerprint density at radius 3 is 2.78 bits per heavy atom. The van der Waals surface area contributed by atoms with Gasteiger partial charge in [0.25, 0.3) is 10.1 Å². The number of hydrogen-bond acceptors (Lipinski definition) is 6. The Labute approximate surface area is 161 Å². The summed E-state index contributed by atoms with van der Waals surface area (Å²) in [6.07, 6.45) is -0.518. The third kappa shape index (κ3) is 3.47. The highest BCUT2D eigenvalue weighted by Crippen LogP contribution is 2.46. The van der Waals surface area contributed by atoms with Crippen LogP contribution in [0.3, 0.4) is 0 Å². The molecule has 0 saturated carbocycles. The summed E-state index contributed by atoms with van der Waals surface area (Å²) in [5.74, 6) is 0.623. The third-order valence-electron chi connectivity index (χ3n) is 4.33. The first-order valence-electron chi connectivity index (χ1n) is 8.24. The third-order valence-corrected chi connectivity index (χ3v) is 5.92. The molecule has 0 unspecified atom stereocenters. The number of fused-ring (bicyclic) bond motifs is 3. The Balaban J connectivity index is 1.50. The van der Waals surface area contributed by atoms with Crippen molar-refractivity contribution in [3.63, 3.8) is 0 Å². The van der Waals surface area contributed by atoms with Gasteiger partial charge in [-0.3, -0.25) is 8.98 Å². The number of nitrogens with one attached hydrogen (secondary N) is 1. The highest BCUT2D eigenvalue weighted by atomic mass is 35.5. The Morgan fingerprint density at radius 1 is 1.30 bits per heavy atom. The lowest BCUT2D eigenvalue weighted by Gasteiger charge is -2.28. The lowest BCUT2D eigenvalue weighted by atomic mass is 10.1. The quantitative estimate of drug-likeness (QED) is 0.781. The summed E-state index contributed by atoms with van der Waals surface area (Å²) < 4.78 is 41.3. The fraction of sp³-hybridized carbons (Fsp3) is 0.278. The zero-order valence-corrected chi connectivity index (χ0v) is 15.9.